The summed E-state index contributed by atoms with van der Waals surface area (Å²) >= 11 is 0. The predicted molar refractivity (Wildman–Crippen MR) is 186 cm³/mol. The van der Waals surface area contributed by atoms with Gasteiger partial charge in [-0.1, -0.05) is 78.9 Å². The number of ether oxygens (including phenoxy) is 3. The lowest BCUT2D eigenvalue weighted by atomic mass is 9.97. The molecule has 0 radical (unpaired) electrons. The summed E-state index contributed by atoms with van der Waals surface area (Å²) in [5.41, 5.74) is 6.35. The second-order valence-corrected chi connectivity index (χ2v) is 12.5. The predicted octanol–water partition coefficient (Wildman–Crippen LogP) is 8.54. The van der Waals surface area contributed by atoms with Crippen molar-refractivity contribution in [3.63, 3.8) is 0 Å². The number of hydrogen-bond donors (Lipinski definition) is 0. The summed E-state index contributed by atoms with van der Waals surface area (Å²) in [5.74, 6) is 0.336. The molecule has 0 saturated carbocycles. The minimum absolute atomic E-state index is 0.0426. The Bertz CT molecular complexity index is 1660. The van der Waals surface area contributed by atoms with Gasteiger partial charge >= 0.3 is 6.18 Å². The Morgan fingerprint density at radius 2 is 1.53 bits per heavy atom. The molecule has 1 aliphatic rings. The minimum Gasteiger partial charge on any atom is -0.488 e. The van der Waals surface area contributed by atoms with Crippen LogP contribution in [0, 0.1) is 11.3 Å². The molecule has 0 fully saturated rings. The van der Waals surface area contributed by atoms with Gasteiger partial charge in [0, 0.05) is 38.3 Å². The van der Waals surface area contributed by atoms with Gasteiger partial charge in [0.05, 0.1) is 17.9 Å². The number of halogens is 3. The summed E-state index contributed by atoms with van der Waals surface area (Å²) in [6.45, 7) is 6.68. The third kappa shape index (κ3) is 10.2. The van der Waals surface area contributed by atoms with E-state index in [2.05, 4.69) is 60.0 Å². The third-order valence-corrected chi connectivity index (χ3v) is 8.89. The normalized spacial score (nSPS) is 13.9. The SMILES string of the molecule is C[C@H](Cc1cc(C#N)c2c(c1)CCN2CCCOCc1ccccc1)N(CCOc1ccccc1OCC(F)(F)F)[C@H](C)c1ccccc1. The van der Waals surface area contributed by atoms with E-state index in [1.165, 1.54) is 11.6 Å². The monoisotopic (exact) mass is 671 g/mol. The fraction of sp³-hybridized carbons (Fsp3) is 0.375. The van der Waals surface area contributed by atoms with Crippen LogP contribution >= 0.6 is 0 Å². The van der Waals surface area contributed by atoms with Crippen LogP contribution in [0.4, 0.5) is 18.9 Å². The number of nitrogens with zero attached hydrogens (tertiary/aromatic N) is 3. The van der Waals surface area contributed by atoms with Gasteiger partial charge in [0.1, 0.15) is 12.7 Å². The maximum Gasteiger partial charge on any atom is 0.422 e. The van der Waals surface area contributed by atoms with Crippen molar-refractivity contribution in [2.24, 2.45) is 0 Å². The second-order valence-electron chi connectivity index (χ2n) is 12.5. The first-order valence-corrected chi connectivity index (χ1v) is 16.9. The Morgan fingerprint density at radius 1 is 0.857 bits per heavy atom. The van der Waals surface area contributed by atoms with Crippen molar-refractivity contribution in [1.82, 2.24) is 4.90 Å². The number of fused-ring (bicyclic) bond motifs is 1. The van der Waals surface area contributed by atoms with Gasteiger partial charge in [-0.3, -0.25) is 4.90 Å². The highest BCUT2D eigenvalue weighted by Crippen LogP contribution is 2.34. The second kappa shape index (κ2) is 17.2. The Morgan fingerprint density at radius 3 is 2.22 bits per heavy atom. The number of nitriles is 1. The van der Waals surface area contributed by atoms with Crippen molar-refractivity contribution >= 4 is 5.69 Å². The van der Waals surface area contributed by atoms with E-state index in [4.69, 9.17) is 14.2 Å². The maximum atomic E-state index is 12.8. The van der Waals surface area contributed by atoms with Crippen LogP contribution in [-0.2, 0) is 24.2 Å². The molecule has 2 atom stereocenters. The van der Waals surface area contributed by atoms with E-state index >= 15 is 0 Å². The molecule has 1 heterocycles. The molecule has 0 bridgehead atoms. The lowest BCUT2D eigenvalue weighted by Gasteiger charge is -2.35. The highest BCUT2D eigenvalue weighted by atomic mass is 19.4. The molecule has 9 heteroatoms. The van der Waals surface area contributed by atoms with Crippen LogP contribution in [0.5, 0.6) is 11.5 Å². The molecule has 0 unspecified atom stereocenters. The van der Waals surface area contributed by atoms with Gasteiger partial charge in [0.25, 0.3) is 0 Å². The first-order chi connectivity index (χ1) is 23.7. The third-order valence-electron chi connectivity index (χ3n) is 8.89. The average Bonchev–Trinajstić information content (AvgIpc) is 3.52. The summed E-state index contributed by atoms with van der Waals surface area (Å²) in [6, 6.07) is 33.6. The van der Waals surface area contributed by atoms with Crippen LogP contribution in [0.1, 0.15) is 54.1 Å². The van der Waals surface area contributed by atoms with Crippen LogP contribution in [0.15, 0.2) is 97.1 Å². The first kappa shape index (κ1) is 35.8. The summed E-state index contributed by atoms with van der Waals surface area (Å²) in [6.07, 6.45) is -1.95. The van der Waals surface area contributed by atoms with Crippen molar-refractivity contribution in [2.45, 2.75) is 58.0 Å². The number of alkyl halides is 3. The summed E-state index contributed by atoms with van der Waals surface area (Å²) in [4.78, 5) is 4.65. The van der Waals surface area contributed by atoms with Gasteiger partial charge in [0.15, 0.2) is 18.1 Å². The van der Waals surface area contributed by atoms with Crippen molar-refractivity contribution in [3.8, 4) is 17.6 Å². The van der Waals surface area contributed by atoms with Gasteiger partial charge < -0.3 is 19.1 Å². The molecule has 49 heavy (non-hydrogen) atoms. The number of benzene rings is 4. The Kier molecular flexibility index (Phi) is 12.6. The Balaban J connectivity index is 1.23. The quantitative estimate of drug-likeness (QED) is 0.105. The van der Waals surface area contributed by atoms with Crippen molar-refractivity contribution in [3.05, 3.63) is 125 Å². The molecule has 1 aliphatic heterocycles. The van der Waals surface area contributed by atoms with Gasteiger partial charge in [-0.15, -0.1) is 0 Å². The van der Waals surface area contributed by atoms with E-state index in [9.17, 15) is 18.4 Å². The molecular formula is C40H44F3N3O3. The standard InChI is InChI=1S/C40H44F3N3O3/c1-30(24-33-25-35-18-20-45(39(35)36(26-33)27-44)19-11-22-47-28-32-12-5-3-6-13-32)46(31(2)34-14-7-4-8-15-34)21-23-48-37-16-9-10-17-38(37)49-29-40(41,42)43/h3-10,12-17,25-26,30-31H,11,18-24,28-29H2,1-2H3/t30-,31-/m1/s1. The molecule has 0 aliphatic carbocycles. The Hall–Kier alpha value is -4.52. The number of rotatable bonds is 17. The lowest BCUT2D eigenvalue weighted by molar-refractivity contribution is -0.153. The average molecular weight is 672 g/mol. The van der Waals surface area contributed by atoms with Crippen LogP contribution in [0.25, 0.3) is 0 Å². The molecule has 6 nitrogen and oxygen atoms in total. The molecule has 4 aromatic rings. The topological polar surface area (TPSA) is 58.0 Å². The zero-order valence-corrected chi connectivity index (χ0v) is 28.2. The van der Waals surface area contributed by atoms with Crippen LogP contribution in [-0.4, -0.2) is 56.6 Å². The number of anilines is 1. The van der Waals surface area contributed by atoms with E-state index < -0.39 is 12.8 Å². The molecule has 258 valence electrons. The first-order valence-electron chi connectivity index (χ1n) is 16.9. The molecule has 4 aromatic carbocycles. The van der Waals surface area contributed by atoms with E-state index in [0.29, 0.717) is 25.3 Å². The minimum atomic E-state index is -4.44. The molecule has 5 rings (SSSR count). The molecule has 0 aromatic heterocycles. The maximum absolute atomic E-state index is 12.8. The van der Waals surface area contributed by atoms with Crippen LogP contribution < -0.4 is 14.4 Å². The van der Waals surface area contributed by atoms with Crippen molar-refractivity contribution in [1.29, 1.82) is 5.26 Å². The van der Waals surface area contributed by atoms with E-state index in [-0.39, 0.29) is 30.2 Å². The molecule has 0 spiro atoms. The molecular weight excluding hydrogens is 627 g/mol. The fourth-order valence-electron chi connectivity index (χ4n) is 6.53. The van der Waals surface area contributed by atoms with Gasteiger partial charge in [-0.05, 0) is 73.6 Å². The van der Waals surface area contributed by atoms with E-state index in [1.54, 1.807) is 18.2 Å². The van der Waals surface area contributed by atoms with Crippen molar-refractivity contribution < 1.29 is 27.4 Å². The summed E-state index contributed by atoms with van der Waals surface area (Å²) in [5, 5.41) is 10.2. The molecule has 0 N–H and O–H groups in total. The summed E-state index contributed by atoms with van der Waals surface area (Å²) in [7, 11) is 0. The van der Waals surface area contributed by atoms with Crippen molar-refractivity contribution in [2.75, 3.05) is 44.4 Å². The Labute approximate surface area is 287 Å². The van der Waals surface area contributed by atoms with Gasteiger partial charge in [-0.25, -0.2) is 0 Å². The smallest absolute Gasteiger partial charge is 0.422 e. The molecule has 0 amide bonds. The highest BCUT2D eigenvalue weighted by molar-refractivity contribution is 5.68. The number of para-hydroxylation sites is 2. The zero-order valence-electron chi connectivity index (χ0n) is 28.2. The number of hydrogen-bond acceptors (Lipinski definition) is 6. The van der Waals surface area contributed by atoms with Gasteiger partial charge in [0.2, 0.25) is 0 Å². The highest BCUT2D eigenvalue weighted by Gasteiger charge is 2.29. The van der Waals surface area contributed by atoms with E-state index in [0.717, 1.165) is 54.7 Å². The van der Waals surface area contributed by atoms with Crippen LogP contribution in [0.3, 0.4) is 0 Å². The van der Waals surface area contributed by atoms with Gasteiger partial charge in [-0.2, -0.15) is 18.4 Å². The fourth-order valence-corrected chi connectivity index (χ4v) is 6.53. The largest absolute Gasteiger partial charge is 0.488 e. The summed E-state index contributed by atoms with van der Waals surface area (Å²) < 4.78 is 55.4. The lowest BCUT2D eigenvalue weighted by Crippen LogP contribution is -2.39. The molecule has 0 saturated heterocycles. The van der Waals surface area contributed by atoms with Crippen LogP contribution in [0.2, 0.25) is 0 Å². The van der Waals surface area contributed by atoms with E-state index in [1.807, 2.05) is 42.5 Å². The zero-order chi connectivity index (χ0) is 34.6.